The molecule has 1 heterocycles. The Morgan fingerprint density at radius 3 is 2.29 bits per heavy atom. The van der Waals surface area contributed by atoms with Crippen LogP contribution < -0.4 is 10.6 Å². The van der Waals surface area contributed by atoms with Crippen LogP contribution in [0.4, 0.5) is 4.79 Å². The standard InChI is InChI=1S/C27H28N4O3/c32-25(16-9-17-28-27(33)34-19-21-12-5-2-6-13-21)29-24(18-20-10-3-1-4-11-20)26-30-22-14-7-8-15-23(22)31-26/h1-8,10-15,24H,9,16-19H2,(H,28,33)(H,29,32)(H,30,31)/t24-/m0/s1. The molecule has 3 aromatic carbocycles. The molecule has 0 saturated heterocycles. The van der Waals surface area contributed by atoms with Gasteiger partial charge in [-0.1, -0.05) is 72.8 Å². The lowest BCUT2D eigenvalue weighted by Gasteiger charge is -2.17. The van der Waals surface area contributed by atoms with Crippen molar-refractivity contribution >= 4 is 23.0 Å². The molecule has 34 heavy (non-hydrogen) atoms. The van der Waals surface area contributed by atoms with Crippen molar-refractivity contribution in [3.63, 3.8) is 0 Å². The summed E-state index contributed by atoms with van der Waals surface area (Å²) in [5.74, 6) is 0.627. The van der Waals surface area contributed by atoms with Gasteiger partial charge in [-0.3, -0.25) is 4.79 Å². The number of carbonyl (C=O) groups is 2. The summed E-state index contributed by atoms with van der Waals surface area (Å²) < 4.78 is 5.19. The largest absolute Gasteiger partial charge is 0.445 e. The number of amides is 2. The van der Waals surface area contributed by atoms with Crippen molar-refractivity contribution in [3.8, 4) is 0 Å². The zero-order valence-electron chi connectivity index (χ0n) is 18.9. The number of rotatable bonds is 10. The third-order valence-electron chi connectivity index (χ3n) is 5.42. The van der Waals surface area contributed by atoms with Crippen molar-refractivity contribution in [3.05, 3.63) is 102 Å². The van der Waals surface area contributed by atoms with Gasteiger partial charge in [0.05, 0.1) is 17.1 Å². The predicted molar refractivity (Wildman–Crippen MR) is 131 cm³/mol. The number of nitrogens with zero attached hydrogens (tertiary/aromatic N) is 1. The van der Waals surface area contributed by atoms with Crippen LogP contribution in [0.1, 0.15) is 35.8 Å². The molecule has 2 amide bonds. The Morgan fingerprint density at radius 1 is 0.882 bits per heavy atom. The highest BCUT2D eigenvalue weighted by molar-refractivity contribution is 5.77. The molecule has 0 unspecified atom stereocenters. The summed E-state index contributed by atoms with van der Waals surface area (Å²) in [6.07, 6.45) is 0.916. The fourth-order valence-electron chi connectivity index (χ4n) is 3.68. The average molecular weight is 457 g/mol. The van der Waals surface area contributed by atoms with E-state index in [2.05, 4.69) is 20.6 Å². The van der Waals surface area contributed by atoms with E-state index in [1.54, 1.807) is 0 Å². The fourth-order valence-corrected chi connectivity index (χ4v) is 3.68. The van der Waals surface area contributed by atoms with E-state index < -0.39 is 6.09 Å². The van der Waals surface area contributed by atoms with Gasteiger partial charge in [-0.15, -0.1) is 0 Å². The Morgan fingerprint density at radius 2 is 1.56 bits per heavy atom. The molecule has 0 bridgehead atoms. The molecule has 174 valence electrons. The Kier molecular flexibility index (Phi) is 7.90. The number of benzene rings is 3. The lowest BCUT2D eigenvalue weighted by molar-refractivity contribution is -0.122. The number of nitrogens with one attached hydrogen (secondary N) is 3. The minimum atomic E-state index is -0.492. The summed E-state index contributed by atoms with van der Waals surface area (Å²) in [5.41, 5.74) is 3.83. The minimum Gasteiger partial charge on any atom is -0.445 e. The van der Waals surface area contributed by atoms with Crippen LogP contribution in [0.5, 0.6) is 0 Å². The van der Waals surface area contributed by atoms with Crippen LogP contribution in [0.25, 0.3) is 11.0 Å². The van der Waals surface area contributed by atoms with Crippen LogP contribution >= 0.6 is 0 Å². The molecule has 3 N–H and O–H groups in total. The first-order valence-electron chi connectivity index (χ1n) is 11.4. The van der Waals surface area contributed by atoms with Crippen LogP contribution in [-0.4, -0.2) is 28.5 Å². The van der Waals surface area contributed by atoms with Crippen molar-refractivity contribution in [2.75, 3.05) is 6.54 Å². The molecule has 0 aliphatic rings. The first-order valence-corrected chi connectivity index (χ1v) is 11.4. The van der Waals surface area contributed by atoms with Crippen LogP contribution in [0.3, 0.4) is 0 Å². The van der Waals surface area contributed by atoms with Gasteiger partial charge in [0, 0.05) is 13.0 Å². The van der Waals surface area contributed by atoms with Gasteiger partial charge in [-0.25, -0.2) is 9.78 Å². The normalized spacial score (nSPS) is 11.6. The summed E-state index contributed by atoms with van der Waals surface area (Å²) in [4.78, 5) is 32.6. The number of aromatic nitrogens is 2. The quantitative estimate of drug-likeness (QED) is 0.302. The van der Waals surface area contributed by atoms with E-state index in [4.69, 9.17) is 4.74 Å². The van der Waals surface area contributed by atoms with Gasteiger partial charge in [0.15, 0.2) is 0 Å². The lowest BCUT2D eigenvalue weighted by atomic mass is 10.1. The zero-order valence-corrected chi connectivity index (χ0v) is 18.9. The first-order chi connectivity index (χ1) is 16.7. The summed E-state index contributed by atoms with van der Waals surface area (Å²) in [5, 5.41) is 5.79. The summed E-state index contributed by atoms with van der Waals surface area (Å²) >= 11 is 0. The van der Waals surface area contributed by atoms with Crippen molar-refractivity contribution in [2.45, 2.75) is 31.9 Å². The van der Waals surface area contributed by atoms with Gasteiger partial charge >= 0.3 is 6.09 Å². The van der Waals surface area contributed by atoms with Gasteiger partial charge in [-0.2, -0.15) is 0 Å². The maximum absolute atomic E-state index is 12.7. The van der Waals surface area contributed by atoms with Crippen LogP contribution in [0.15, 0.2) is 84.9 Å². The molecule has 4 aromatic rings. The molecular weight excluding hydrogens is 428 g/mol. The van der Waals surface area contributed by atoms with E-state index in [1.807, 2.05) is 84.9 Å². The van der Waals surface area contributed by atoms with Gasteiger partial charge in [-0.05, 0) is 36.1 Å². The Hall–Kier alpha value is -4.13. The van der Waals surface area contributed by atoms with Crippen molar-refractivity contribution in [1.29, 1.82) is 0 Å². The minimum absolute atomic E-state index is 0.0964. The summed E-state index contributed by atoms with van der Waals surface area (Å²) in [7, 11) is 0. The number of imidazole rings is 1. The number of aromatic amines is 1. The number of ether oxygens (including phenoxy) is 1. The number of hydrogen-bond acceptors (Lipinski definition) is 4. The molecule has 1 aromatic heterocycles. The van der Waals surface area contributed by atoms with E-state index in [0.717, 1.165) is 28.0 Å². The number of hydrogen-bond donors (Lipinski definition) is 3. The molecule has 0 aliphatic heterocycles. The van der Waals surface area contributed by atoms with Gasteiger partial charge in [0.25, 0.3) is 0 Å². The predicted octanol–water partition coefficient (Wildman–Crippen LogP) is 4.67. The van der Waals surface area contributed by atoms with Crippen LogP contribution in [0, 0.1) is 0 Å². The van der Waals surface area contributed by atoms with Gasteiger partial charge < -0.3 is 20.4 Å². The zero-order chi connectivity index (χ0) is 23.6. The second-order valence-corrected chi connectivity index (χ2v) is 8.04. The highest BCUT2D eigenvalue weighted by Gasteiger charge is 2.19. The Labute approximate surface area is 198 Å². The van der Waals surface area contributed by atoms with E-state index in [0.29, 0.717) is 19.4 Å². The molecule has 7 heteroatoms. The molecule has 0 saturated carbocycles. The van der Waals surface area contributed by atoms with Crippen LogP contribution in [0.2, 0.25) is 0 Å². The van der Waals surface area contributed by atoms with Gasteiger partial charge in [0.1, 0.15) is 12.4 Å². The number of H-pyrrole nitrogens is 1. The highest BCUT2D eigenvalue weighted by atomic mass is 16.5. The molecule has 7 nitrogen and oxygen atoms in total. The second kappa shape index (κ2) is 11.7. The molecule has 0 aliphatic carbocycles. The molecule has 0 spiro atoms. The van der Waals surface area contributed by atoms with E-state index in [1.165, 1.54) is 0 Å². The highest BCUT2D eigenvalue weighted by Crippen LogP contribution is 2.20. The lowest BCUT2D eigenvalue weighted by Crippen LogP contribution is -2.32. The van der Waals surface area contributed by atoms with E-state index in [-0.39, 0.29) is 25.0 Å². The smallest absolute Gasteiger partial charge is 0.407 e. The van der Waals surface area contributed by atoms with E-state index >= 15 is 0 Å². The second-order valence-electron chi connectivity index (χ2n) is 8.04. The Bertz CT molecular complexity index is 1180. The molecule has 0 radical (unpaired) electrons. The molecule has 1 atom stereocenters. The van der Waals surface area contributed by atoms with Crippen molar-refractivity contribution in [1.82, 2.24) is 20.6 Å². The molecular formula is C27H28N4O3. The fraction of sp³-hybridized carbons (Fsp3) is 0.222. The average Bonchev–Trinajstić information content (AvgIpc) is 3.31. The third-order valence-corrected chi connectivity index (χ3v) is 5.42. The summed E-state index contributed by atoms with van der Waals surface area (Å²) in [6.45, 7) is 0.570. The van der Waals surface area contributed by atoms with E-state index in [9.17, 15) is 9.59 Å². The van der Waals surface area contributed by atoms with Crippen molar-refractivity contribution < 1.29 is 14.3 Å². The Balaban J connectivity index is 1.27. The van der Waals surface area contributed by atoms with Crippen LogP contribution in [-0.2, 0) is 22.6 Å². The maximum atomic E-state index is 12.7. The number of alkyl carbamates (subject to hydrolysis) is 1. The monoisotopic (exact) mass is 456 g/mol. The number of para-hydroxylation sites is 2. The topological polar surface area (TPSA) is 96.1 Å². The maximum Gasteiger partial charge on any atom is 0.407 e. The number of carbonyl (C=O) groups excluding carboxylic acids is 2. The molecule has 4 rings (SSSR count). The van der Waals surface area contributed by atoms with Gasteiger partial charge in [0.2, 0.25) is 5.91 Å². The van der Waals surface area contributed by atoms with Crippen molar-refractivity contribution in [2.24, 2.45) is 0 Å². The molecule has 0 fully saturated rings. The SMILES string of the molecule is O=C(CCCNC(=O)OCc1ccccc1)N[C@@H](Cc1ccccc1)c1nc2ccccc2[nH]1. The first kappa shape index (κ1) is 23.0. The number of fused-ring (bicyclic) bond motifs is 1. The summed E-state index contributed by atoms with van der Waals surface area (Å²) in [6, 6.07) is 27.0. The third kappa shape index (κ3) is 6.68.